The molecule has 0 aliphatic carbocycles. The largest absolute Gasteiger partial charge is 0.437 e. The number of aliphatic imine (C=N–C) groups is 1. The quantitative estimate of drug-likeness (QED) is 0.632. The van der Waals surface area contributed by atoms with E-state index in [1.54, 1.807) is 18.4 Å². The second-order valence-corrected chi connectivity index (χ2v) is 5.52. The highest BCUT2D eigenvalue weighted by atomic mass is 16.3. The second kappa shape index (κ2) is 5.82. The van der Waals surface area contributed by atoms with Crippen LogP contribution in [0.4, 0.5) is 0 Å². The van der Waals surface area contributed by atoms with Gasteiger partial charge in [-0.25, -0.2) is 4.98 Å². The normalized spacial score (nSPS) is 12.8. The Bertz CT molecular complexity index is 661. The van der Waals surface area contributed by atoms with Crippen molar-refractivity contribution < 1.29 is 9.21 Å². The molecule has 2 aromatic rings. The number of nitrogens with zero attached hydrogens (tertiary/aromatic N) is 2. The van der Waals surface area contributed by atoms with Crippen molar-refractivity contribution in [2.75, 3.05) is 6.54 Å². The van der Waals surface area contributed by atoms with Crippen LogP contribution < -0.4 is 0 Å². The minimum absolute atomic E-state index is 0.0879. The minimum atomic E-state index is 0.0879. The molecule has 0 fully saturated rings. The van der Waals surface area contributed by atoms with E-state index >= 15 is 0 Å². The summed E-state index contributed by atoms with van der Waals surface area (Å²) < 4.78 is 5.61. The van der Waals surface area contributed by atoms with Crippen molar-refractivity contribution in [3.8, 4) is 0 Å². The van der Waals surface area contributed by atoms with E-state index in [0.29, 0.717) is 5.89 Å². The van der Waals surface area contributed by atoms with Gasteiger partial charge in [0.1, 0.15) is 11.8 Å². The zero-order chi connectivity index (χ0) is 14.6. The molecule has 20 heavy (non-hydrogen) atoms. The topological polar surface area (TPSA) is 55.5 Å². The Balaban J connectivity index is 2.23. The Labute approximate surface area is 118 Å². The maximum atomic E-state index is 10.1. The van der Waals surface area contributed by atoms with Crippen LogP contribution in [0.25, 0.3) is 17.2 Å². The van der Waals surface area contributed by atoms with Gasteiger partial charge in [0.05, 0.1) is 6.54 Å². The molecule has 1 heterocycles. The summed E-state index contributed by atoms with van der Waals surface area (Å²) in [4.78, 5) is 18.4. The van der Waals surface area contributed by atoms with Gasteiger partial charge in [0.25, 0.3) is 0 Å². The van der Waals surface area contributed by atoms with E-state index in [1.165, 1.54) is 5.56 Å². The van der Waals surface area contributed by atoms with Crippen LogP contribution in [0.5, 0.6) is 0 Å². The van der Waals surface area contributed by atoms with Gasteiger partial charge in [0.2, 0.25) is 5.89 Å². The Kier molecular flexibility index (Phi) is 4.13. The molecule has 0 atom stereocenters. The van der Waals surface area contributed by atoms with Gasteiger partial charge in [0.15, 0.2) is 5.58 Å². The predicted molar refractivity (Wildman–Crippen MR) is 81.2 cm³/mol. The minimum Gasteiger partial charge on any atom is -0.437 e. The molecule has 0 bridgehead atoms. The van der Waals surface area contributed by atoms with E-state index in [2.05, 4.69) is 42.9 Å². The molecule has 0 saturated heterocycles. The number of aldehydes is 1. The third-order valence-corrected chi connectivity index (χ3v) is 2.88. The van der Waals surface area contributed by atoms with Crippen molar-refractivity contribution in [3.63, 3.8) is 0 Å². The lowest BCUT2D eigenvalue weighted by Gasteiger charge is -2.18. The molecular weight excluding hydrogens is 252 g/mol. The molecule has 0 aliphatic rings. The summed E-state index contributed by atoms with van der Waals surface area (Å²) in [6, 6.07) is 6.06. The zero-order valence-corrected chi connectivity index (χ0v) is 12.0. The van der Waals surface area contributed by atoms with Crippen molar-refractivity contribution >= 4 is 29.7 Å². The fourth-order valence-electron chi connectivity index (χ4n) is 1.77. The molecule has 1 aromatic heterocycles. The fourth-order valence-corrected chi connectivity index (χ4v) is 1.77. The van der Waals surface area contributed by atoms with Crippen LogP contribution in [0.1, 0.15) is 32.2 Å². The first-order valence-corrected chi connectivity index (χ1v) is 6.52. The lowest BCUT2D eigenvalue weighted by molar-refractivity contribution is -0.106. The maximum absolute atomic E-state index is 10.1. The Hall–Kier alpha value is -2.23. The first-order chi connectivity index (χ1) is 9.50. The number of allylic oxidation sites excluding steroid dienone is 1. The summed E-state index contributed by atoms with van der Waals surface area (Å²) in [5, 5.41) is 0. The number of rotatable bonds is 4. The average Bonchev–Trinajstić information content (AvgIpc) is 2.79. The highest BCUT2D eigenvalue weighted by Crippen LogP contribution is 2.26. The van der Waals surface area contributed by atoms with Gasteiger partial charge in [-0.1, -0.05) is 26.8 Å². The molecule has 0 unspecified atom stereocenters. The van der Waals surface area contributed by atoms with Crippen LogP contribution in [-0.4, -0.2) is 24.0 Å². The van der Waals surface area contributed by atoms with Crippen molar-refractivity contribution in [1.29, 1.82) is 0 Å². The van der Waals surface area contributed by atoms with Crippen LogP contribution in [0.15, 0.2) is 33.7 Å². The Morgan fingerprint density at radius 3 is 2.85 bits per heavy atom. The molecular formula is C16H18N2O2. The van der Waals surface area contributed by atoms with E-state index in [-0.39, 0.29) is 12.0 Å². The average molecular weight is 270 g/mol. The number of fused-ring (bicyclic) bond motifs is 1. The summed E-state index contributed by atoms with van der Waals surface area (Å²) in [5.41, 5.74) is 2.93. The number of hydrogen-bond donors (Lipinski definition) is 0. The molecule has 104 valence electrons. The lowest BCUT2D eigenvalue weighted by atomic mass is 9.87. The van der Waals surface area contributed by atoms with Gasteiger partial charge in [-0.05, 0) is 29.2 Å². The SMILES string of the molecule is CC(C)(C)c1ccc2oc(/C=C/C=NCC=O)nc2c1. The van der Waals surface area contributed by atoms with E-state index < -0.39 is 0 Å². The molecule has 1 aromatic carbocycles. The second-order valence-electron chi connectivity index (χ2n) is 5.52. The number of aromatic nitrogens is 1. The molecule has 0 amide bonds. The third kappa shape index (κ3) is 3.41. The summed E-state index contributed by atoms with van der Waals surface area (Å²) >= 11 is 0. The first-order valence-electron chi connectivity index (χ1n) is 6.52. The van der Waals surface area contributed by atoms with Gasteiger partial charge in [0, 0.05) is 12.3 Å². The Morgan fingerprint density at radius 2 is 2.15 bits per heavy atom. The fraction of sp³-hybridized carbons (Fsp3) is 0.312. The number of oxazole rings is 1. The van der Waals surface area contributed by atoms with E-state index in [4.69, 9.17) is 4.42 Å². The van der Waals surface area contributed by atoms with Gasteiger partial charge in [-0.15, -0.1) is 0 Å². The summed E-state index contributed by atoms with van der Waals surface area (Å²) in [6.45, 7) is 6.67. The van der Waals surface area contributed by atoms with Crippen LogP contribution in [0.3, 0.4) is 0 Å². The van der Waals surface area contributed by atoms with Gasteiger partial charge >= 0.3 is 0 Å². The number of carbonyl (C=O) groups is 1. The molecule has 0 radical (unpaired) electrons. The number of hydrogen-bond acceptors (Lipinski definition) is 4. The van der Waals surface area contributed by atoms with Crippen molar-refractivity contribution in [2.45, 2.75) is 26.2 Å². The van der Waals surface area contributed by atoms with Crippen molar-refractivity contribution in [2.24, 2.45) is 4.99 Å². The highest BCUT2D eigenvalue weighted by molar-refractivity contribution is 5.80. The molecule has 2 rings (SSSR count). The van der Waals surface area contributed by atoms with Crippen molar-refractivity contribution in [1.82, 2.24) is 4.98 Å². The van der Waals surface area contributed by atoms with Crippen LogP contribution in [-0.2, 0) is 10.2 Å². The maximum Gasteiger partial charge on any atom is 0.220 e. The summed E-state index contributed by atoms with van der Waals surface area (Å²) in [5.74, 6) is 0.531. The van der Waals surface area contributed by atoms with E-state index in [9.17, 15) is 4.79 Å². The van der Waals surface area contributed by atoms with Gasteiger partial charge in [-0.2, -0.15) is 0 Å². The summed E-state index contributed by atoms with van der Waals surface area (Å²) in [7, 11) is 0. The Morgan fingerprint density at radius 1 is 1.35 bits per heavy atom. The monoisotopic (exact) mass is 270 g/mol. The van der Waals surface area contributed by atoms with Crippen LogP contribution in [0, 0.1) is 0 Å². The highest BCUT2D eigenvalue weighted by Gasteiger charge is 2.15. The third-order valence-electron chi connectivity index (χ3n) is 2.88. The molecule has 0 saturated carbocycles. The predicted octanol–water partition coefficient (Wildman–Crippen LogP) is 3.41. The number of carbonyl (C=O) groups excluding carboxylic acids is 1. The molecule has 4 nitrogen and oxygen atoms in total. The van der Waals surface area contributed by atoms with E-state index in [1.807, 2.05) is 6.07 Å². The zero-order valence-electron chi connectivity index (χ0n) is 12.0. The standard InChI is InChI=1S/C16H18N2O2/c1-16(2,3)12-6-7-14-13(11-12)18-15(20-14)5-4-8-17-9-10-19/h4-8,10-11H,9H2,1-3H3/b5-4+,17-8?. The van der Waals surface area contributed by atoms with E-state index in [0.717, 1.165) is 17.4 Å². The molecule has 4 heteroatoms. The van der Waals surface area contributed by atoms with Gasteiger partial charge in [-0.3, -0.25) is 4.99 Å². The molecule has 0 spiro atoms. The number of benzene rings is 1. The summed E-state index contributed by atoms with van der Waals surface area (Å²) in [6.07, 6.45) is 5.74. The lowest BCUT2D eigenvalue weighted by Crippen LogP contribution is -2.10. The molecule has 0 aliphatic heterocycles. The van der Waals surface area contributed by atoms with Crippen LogP contribution >= 0.6 is 0 Å². The van der Waals surface area contributed by atoms with Crippen molar-refractivity contribution in [3.05, 3.63) is 35.7 Å². The molecule has 0 N–H and O–H groups in total. The van der Waals surface area contributed by atoms with Gasteiger partial charge < -0.3 is 9.21 Å². The van der Waals surface area contributed by atoms with Crippen LogP contribution in [0.2, 0.25) is 0 Å². The smallest absolute Gasteiger partial charge is 0.220 e. The first kappa shape index (κ1) is 14.2.